The van der Waals surface area contributed by atoms with Gasteiger partial charge in [0.2, 0.25) is 5.95 Å². The monoisotopic (exact) mass is 350 g/mol. The van der Waals surface area contributed by atoms with E-state index in [4.69, 9.17) is 9.47 Å². The summed E-state index contributed by atoms with van der Waals surface area (Å²) in [5.41, 5.74) is 3.00. The first-order chi connectivity index (χ1) is 12.7. The quantitative estimate of drug-likeness (QED) is 0.652. The number of nitrogens with zero attached hydrogens (tertiary/aromatic N) is 2. The zero-order chi connectivity index (χ0) is 18.4. The van der Waals surface area contributed by atoms with E-state index in [9.17, 15) is 0 Å². The standard InChI is InChI=1S/C20H22N4O2/c1-4-14-5-7-15(8-6-14)22-20-21-12-11-19(24-20)23-17-13-16(25-2)9-10-18(17)26-3/h5-13H,4H2,1-3H3,(H2,21,22,23,24). The van der Waals surface area contributed by atoms with E-state index in [0.717, 1.165) is 23.5 Å². The Labute approximate surface area is 153 Å². The Kier molecular flexibility index (Phi) is 5.53. The number of nitrogens with one attached hydrogen (secondary N) is 2. The lowest BCUT2D eigenvalue weighted by molar-refractivity contribution is 0.405. The highest BCUT2D eigenvalue weighted by atomic mass is 16.5. The molecular formula is C20H22N4O2. The summed E-state index contributed by atoms with van der Waals surface area (Å²) in [6.07, 6.45) is 2.71. The second kappa shape index (κ2) is 8.20. The van der Waals surface area contributed by atoms with Gasteiger partial charge in [-0.3, -0.25) is 0 Å². The van der Waals surface area contributed by atoms with Crippen LogP contribution in [-0.2, 0) is 6.42 Å². The van der Waals surface area contributed by atoms with E-state index in [2.05, 4.69) is 39.7 Å². The maximum atomic E-state index is 5.39. The van der Waals surface area contributed by atoms with Crippen molar-refractivity contribution in [3.8, 4) is 11.5 Å². The number of rotatable bonds is 7. The fourth-order valence-electron chi connectivity index (χ4n) is 2.49. The van der Waals surface area contributed by atoms with Crippen LogP contribution in [0.4, 0.5) is 23.1 Å². The number of hydrogen-bond donors (Lipinski definition) is 2. The highest BCUT2D eigenvalue weighted by Crippen LogP contribution is 2.31. The van der Waals surface area contributed by atoms with Crippen molar-refractivity contribution in [2.24, 2.45) is 0 Å². The predicted octanol–water partition coefficient (Wildman–Crippen LogP) is 4.54. The van der Waals surface area contributed by atoms with Crippen LogP contribution in [0.15, 0.2) is 54.7 Å². The van der Waals surface area contributed by atoms with E-state index in [1.165, 1.54) is 5.56 Å². The molecule has 1 aromatic heterocycles. The van der Waals surface area contributed by atoms with Gasteiger partial charge in [-0.1, -0.05) is 19.1 Å². The summed E-state index contributed by atoms with van der Waals surface area (Å²) in [7, 11) is 3.25. The number of hydrogen-bond acceptors (Lipinski definition) is 6. The average molecular weight is 350 g/mol. The fourth-order valence-corrected chi connectivity index (χ4v) is 2.49. The van der Waals surface area contributed by atoms with Crippen molar-refractivity contribution in [3.63, 3.8) is 0 Å². The molecule has 0 fully saturated rings. The molecule has 3 aromatic rings. The molecule has 0 saturated carbocycles. The van der Waals surface area contributed by atoms with Gasteiger partial charge in [0.15, 0.2) is 0 Å². The molecule has 6 heteroatoms. The van der Waals surface area contributed by atoms with Crippen LogP contribution in [0, 0.1) is 0 Å². The Hall–Kier alpha value is -3.28. The van der Waals surface area contributed by atoms with Gasteiger partial charge in [-0.05, 0) is 42.3 Å². The minimum atomic E-state index is 0.515. The van der Waals surface area contributed by atoms with Crippen LogP contribution >= 0.6 is 0 Å². The van der Waals surface area contributed by atoms with Crippen molar-refractivity contribution in [3.05, 3.63) is 60.3 Å². The van der Waals surface area contributed by atoms with Gasteiger partial charge in [0.25, 0.3) is 0 Å². The smallest absolute Gasteiger partial charge is 0.229 e. The molecule has 134 valence electrons. The molecule has 0 radical (unpaired) electrons. The first kappa shape index (κ1) is 17.5. The number of benzene rings is 2. The van der Waals surface area contributed by atoms with E-state index in [1.807, 2.05) is 30.3 Å². The largest absolute Gasteiger partial charge is 0.497 e. The molecule has 0 bridgehead atoms. The van der Waals surface area contributed by atoms with E-state index >= 15 is 0 Å². The second-order valence-corrected chi connectivity index (χ2v) is 5.63. The summed E-state index contributed by atoms with van der Waals surface area (Å²) in [6, 6.07) is 15.6. The van der Waals surface area contributed by atoms with E-state index in [1.54, 1.807) is 26.5 Å². The molecule has 2 aromatic carbocycles. The molecule has 0 atom stereocenters. The molecule has 0 saturated heterocycles. The van der Waals surface area contributed by atoms with Gasteiger partial charge in [0, 0.05) is 18.0 Å². The van der Waals surface area contributed by atoms with Gasteiger partial charge in [0.1, 0.15) is 17.3 Å². The molecule has 0 amide bonds. The van der Waals surface area contributed by atoms with Crippen LogP contribution in [0.1, 0.15) is 12.5 Å². The summed E-state index contributed by atoms with van der Waals surface area (Å²) in [4.78, 5) is 8.78. The Bertz CT molecular complexity index is 866. The van der Waals surface area contributed by atoms with Crippen molar-refractivity contribution in [2.75, 3.05) is 24.9 Å². The molecule has 0 unspecified atom stereocenters. The van der Waals surface area contributed by atoms with Gasteiger partial charge >= 0.3 is 0 Å². The Balaban J connectivity index is 1.79. The zero-order valence-corrected chi connectivity index (χ0v) is 15.1. The normalized spacial score (nSPS) is 10.3. The topological polar surface area (TPSA) is 68.3 Å². The van der Waals surface area contributed by atoms with Gasteiger partial charge in [-0.2, -0.15) is 4.98 Å². The summed E-state index contributed by atoms with van der Waals surface area (Å²) < 4.78 is 10.7. The van der Waals surface area contributed by atoms with Gasteiger partial charge < -0.3 is 20.1 Å². The SMILES string of the molecule is CCc1ccc(Nc2nccc(Nc3cc(OC)ccc3OC)n2)cc1. The Morgan fingerprint density at radius 3 is 2.42 bits per heavy atom. The maximum absolute atomic E-state index is 5.39. The highest BCUT2D eigenvalue weighted by Gasteiger charge is 2.07. The lowest BCUT2D eigenvalue weighted by Crippen LogP contribution is -2.01. The second-order valence-electron chi connectivity index (χ2n) is 5.63. The molecule has 0 aliphatic carbocycles. The summed E-state index contributed by atoms with van der Waals surface area (Å²) in [6.45, 7) is 2.13. The summed E-state index contributed by atoms with van der Waals surface area (Å²) >= 11 is 0. The minimum absolute atomic E-state index is 0.515. The van der Waals surface area contributed by atoms with Gasteiger partial charge in [-0.15, -0.1) is 0 Å². The van der Waals surface area contributed by atoms with Crippen LogP contribution in [0.3, 0.4) is 0 Å². The fraction of sp³-hybridized carbons (Fsp3) is 0.200. The third-order valence-corrected chi connectivity index (χ3v) is 3.94. The van der Waals surface area contributed by atoms with Crippen LogP contribution < -0.4 is 20.1 Å². The van der Waals surface area contributed by atoms with Crippen LogP contribution in [-0.4, -0.2) is 24.2 Å². The maximum Gasteiger partial charge on any atom is 0.229 e. The van der Waals surface area contributed by atoms with Gasteiger partial charge in [0.05, 0.1) is 19.9 Å². The first-order valence-electron chi connectivity index (χ1n) is 8.40. The van der Waals surface area contributed by atoms with E-state index in [-0.39, 0.29) is 0 Å². The molecule has 0 aliphatic heterocycles. The van der Waals surface area contributed by atoms with E-state index < -0.39 is 0 Å². The molecule has 3 rings (SSSR count). The number of anilines is 4. The van der Waals surface area contributed by atoms with Crippen LogP contribution in [0.2, 0.25) is 0 Å². The number of aromatic nitrogens is 2. The van der Waals surface area contributed by atoms with Crippen molar-refractivity contribution < 1.29 is 9.47 Å². The summed E-state index contributed by atoms with van der Waals surface area (Å²) in [5, 5.41) is 6.46. The van der Waals surface area contributed by atoms with Crippen molar-refractivity contribution in [1.29, 1.82) is 0 Å². The third kappa shape index (κ3) is 4.22. The summed E-state index contributed by atoms with van der Waals surface area (Å²) in [5.74, 6) is 2.60. The highest BCUT2D eigenvalue weighted by molar-refractivity contribution is 5.67. The van der Waals surface area contributed by atoms with Gasteiger partial charge in [-0.25, -0.2) is 4.98 Å². The molecule has 0 aliphatic rings. The van der Waals surface area contributed by atoms with Crippen molar-refractivity contribution >= 4 is 23.1 Å². The lowest BCUT2D eigenvalue weighted by atomic mass is 10.1. The van der Waals surface area contributed by atoms with Crippen LogP contribution in [0.5, 0.6) is 11.5 Å². The molecular weight excluding hydrogens is 328 g/mol. The number of aryl methyl sites for hydroxylation is 1. The average Bonchev–Trinajstić information content (AvgIpc) is 2.69. The van der Waals surface area contributed by atoms with Crippen LogP contribution in [0.25, 0.3) is 0 Å². The molecule has 6 nitrogen and oxygen atoms in total. The van der Waals surface area contributed by atoms with E-state index in [0.29, 0.717) is 17.5 Å². The van der Waals surface area contributed by atoms with Crippen molar-refractivity contribution in [1.82, 2.24) is 9.97 Å². The molecule has 2 N–H and O–H groups in total. The Morgan fingerprint density at radius 2 is 1.73 bits per heavy atom. The lowest BCUT2D eigenvalue weighted by Gasteiger charge is -2.13. The molecule has 26 heavy (non-hydrogen) atoms. The molecule has 1 heterocycles. The minimum Gasteiger partial charge on any atom is -0.497 e. The zero-order valence-electron chi connectivity index (χ0n) is 15.1. The number of ether oxygens (including phenoxy) is 2. The third-order valence-electron chi connectivity index (χ3n) is 3.94. The Morgan fingerprint density at radius 1 is 0.923 bits per heavy atom. The molecule has 0 spiro atoms. The predicted molar refractivity (Wildman–Crippen MR) is 104 cm³/mol. The first-order valence-corrected chi connectivity index (χ1v) is 8.40. The number of methoxy groups -OCH3 is 2. The van der Waals surface area contributed by atoms with Crippen molar-refractivity contribution in [2.45, 2.75) is 13.3 Å².